The van der Waals surface area contributed by atoms with Gasteiger partial charge >= 0.3 is 0 Å². The number of halogens is 1. The van der Waals surface area contributed by atoms with Crippen LogP contribution in [-0.2, 0) is 0 Å². The maximum absolute atomic E-state index is 3.56. The SMILES string of the molecule is CCCCC[C@@H]1CC=C(Br)CC1. The molecule has 0 saturated heterocycles. The van der Waals surface area contributed by atoms with Crippen LogP contribution in [0.4, 0.5) is 0 Å². The van der Waals surface area contributed by atoms with Gasteiger partial charge in [-0.3, -0.25) is 0 Å². The first-order valence-electron chi connectivity index (χ1n) is 5.17. The second-order valence-corrected chi connectivity index (χ2v) is 4.81. The van der Waals surface area contributed by atoms with E-state index >= 15 is 0 Å². The Morgan fingerprint density at radius 2 is 2.33 bits per heavy atom. The quantitative estimate of drug-likeness (QED) is 0.618. The molecule has 1 aliphatic rings. The lowest BCUT2D eigenvalue weighted by molar-refractivity contribution is 0.422. The lowest BCUT2D eigenvalue weighted by atomic mass is 9.90. The van der Waals surface area contributed by atoms with E-state index in [4.69, 9.17) is 0 Å². The Bertz CT molecular complexity index is 149. The molecular weight excluding hydrogens is 212 g/mol. The lowest BCUT2D eigenvalue weighted by Gasteiger charge is -2.19. The summed E-state index contributed by atoms with van der Waals surface area (Å²) in [5, 5.41) is 0. The first kappa shape index (κ1) is 10.3. The molecule has 0 amide bonds. The fraction of sp³-hybridized carbons (Fsp3) is 0.818. The molecule has 0 aromatic heterocycles. The van der Waals surface area contributed by atoms with E-state index in [9.17, 15) is 0 Å². The average molecular weight is 231 g/mol. The Kier molecular flexibility index (Phi) is 4.98. The van der Waals surface area contributed by atoms with E-state index < -0.39 is 0 Å². The van der Waals surface area contributed by atoms with Crippen LogP contribution in [0.3, 0.4) is 0 Å². The molecule has 12 heavy (non-hydrogen) atoms. The standard InChI is InChI=1S/C11H19Br/c1-2-3-4-5-10-6-8-11(12)9-7-10/h8,10H,2-7,9H2,1H3/t10-/m1/s1. The minimum absolute atomic E-state index is 0.984. The Balaban J connectivity index is 2.10. The van der Waals surface area contributed by atoms with Crippen LogP contribution in [0.5, 0.6) is 0 Å². The molecular formula is C11H19Br. The second-order valence-electron chi connectivity index (χ2n) is 3.79. The fourth-order valence-electron chi connectivity index (χ4n) is 1.80. The third-order valence-electron chi connectivity index (χ3n) is 2.68. The summed E-state index contributed by atoms with van der Waals surface area (Å²) >= 11 is 3.56. The Morgan fingerprint density at radius 1 is 1.50 bits per heavy atom. The van der Waals surface area contributed by atoms with Crippen molar-refractivity contribution in [3.8, 4) is 0 Å². The number of allylic oxidation sites excluding steroid dienone is 2. The zero-order valence-electron chi connectivity index (χ0n) is 7.98. The number of hydrogen-bond donors (Lipinski definition) is 0. The molecule has 1 rings (SSSR count). The van der Waals surface area contributed by atoms with Crippen LogP contribution in [0, 0.1) is 5.92 Å². The van der Waals surface area contributed by atoms with Crippen molar-refractivity contribution < 1.29 is 0 Å². The third kappa shape index (κ3) is 3.75. The van der Waals surface area contributed by atoms with Gasteiger partial charge in [0, 0.05) is 0 Å². The molecule has 0 N–H and O–H groups in total. The predicted molar refractivity (Wildman–Crippen MR) is 58.5 cm³/mol. The molecule has 0 fully saturated rings. The molecule has 0 radical (unpaired) electrons. The van der Waals surface area contributed by atoms with Crippen molar-refractivity contribution in [3.63, 3.8) is 0 Å². The highest BCUT2D eigenvalue weighted by Gasteiger charge is 2.11. The summed E-state index contributed by atoms with van der Waals surface area (Å²) < 4.78 is 1.43. The van der Waals surface area contributed by atoms with Crippen LogP contribution in [0.1, 0.15) is 51.9 Å². The Hall–Kier alpha value is 0.220. The van der Waals surface area contributed by atoms with Gasteiger partial charge in [-0.25, -0.2) is 0 Å². The number of rotatable bonds is 4. The maximum Gasteiger partial charge on any atom is -0.00890 e. The van der Waals surface area contributed by atoms with E-state index in [1.165, 1.54) is 49.4 Å². The van der Waals surface area contributed by atoms with E-state index in [-0.39, 0.29) is 0 Å². The monoisotopic (exact) mass is 230 g/mol. The highest BCUT2D eigenvalue weighted by Crippen LogP contribution is 2.29. The lowest BCUT2D eigenvalue weighted by Crippen LogP contribution is -2.03. The number of unbranched alkanes of at least 4 members (excludes halogenated alkanes) is 2. The Morgan fingerprint density at radius 3 is 2.92 bits per heavy atom. The molecule has 0 heterocycles. The molecule has 0 unspecified atom stereocenters. The summed E-state index contributed by atoms with van der Waals surface area (Å²) in [5.74, 6) is 0.984. The van der Waals surface area contributed by atoms with E-state index in [1.54, 1.807) is 0 Å². The maximum atomic E-state index is 3.56. The zero-order chi connectivity index (χ0) is 8.81. The molecule has 0 aromatic carbocycles. The van der Waals surface area contributed by atoms with Crippen LogP contribution < -0.4 is 0 Å². The smallest absolute Gasteiger partial charge is 0.00890 e. The first-order chi connectivity index (χ1) is 5.83. The van der Waals surface area contributed by atoms with Gasteiger partial charge in [-0.15, -0.1) is 0 Å². The second kappa shape index (κ2) is 5.80. The molecule has 0 spiro atoms. The predicted octanol–water partition coefficient (Wildman–Crippen LogP) is 4.65. The molecule has 70 valence electrons. The largest absolute Gasteiger partial charge is 0.0741 e. The van der Waals surface area contributed by atoms with Crippen LogP contribution in [0.15, 0.2) is 10.6 Å². The van der Waals surface area contributed by atoms with Crippen molar-refractivity contribution in [1.82, 2.24) is 0 Å². The van der Waals surface area contributed by atoms with Crippen molar-refractivity contribution in [3.05, 3.63) is 10.6 Å². The van der Waals surface area contributed by atoms with Crippen LogP contribution in [-0.4, -0.2) is 0 Å². The van der Waals surface area contributed by atoms with Gasteiger partial charge in [-0.05, 0) is 29.7 Å². The highest BCUT2D eigenvalue weighted by atomic mass is 79.9. The van der Waals surface area contributed by atoms with Gasteiger partial charge in [-0.2, -0.15) is 0 Å². The summed E-state index contributed by atoms with van der Waals surface area (Å²) in [7, 11) is 0. The summed E-state index contributed by atoms with van der Waals surface area (Å²) in [4.78, 5) is 0. The summed E-state index contributed by atoms with van der Waals surface area (Å²) in [6.07, 6.45) is 12.0. The van der Waals surface area contributed by atoms with Crippen molar-refractivity contribution in [2.24, 2.45) is 5.92 Å². The van der Waals surface area contributed by atoms with E-state index in [1.807, 2.05) is 0 Å². The van der Waals surface area contributed by atoms with Gasteiger partial charge < -0.3 is 0 Å². The van der Waals surface area contributed by atoms with Gasteiger partial charge in [0.25, 0.3) is 0 Å². The van der Waals surface area contributed by atoms with Crippen LogP contribution >= 0.6 is 15.9 Å². The molecule has 0 bridgehead atoms. The molecule has 0 aromatic rings. The highest BCUT2D eigenvalue weighted by molar-refractivity contribution is 9.11. The zero-order valence-corrected chi connectivity index (χ0v) is 9.57. The van der Waals surface area contributed by atoms with Crippen molar-refractivity contribution in [2.75, 3.05) is 0 Å². The molecule has 0 aliphatic heterocycles. The normalized spacial score (nSPS) is 23.8. The molecule has 1 heteroatoms. The molecule has 0 nitrogen and oxygen atoms in total. The average Bonchev–Trinajstić information content (AvgIpc) is 2.09. The van der Waals surface area contributed by atoms with Gasteiger partial charge in [0.05, 0.1) is 0 Å². The summed E-state index contributed by atoms with van der Waals surface area (Å²) in [5.41, 5.74) is 0. The van der Waals surface area contributed by atoms with Gasteiger partial charge in [0.1, 0.15) is 0 Å². The van der Waals surface area contributed by atoms with Crippen molar-refractivity contribution in [1.29, 1.82) is 0 Å². The van der Waals surface area contributed by atoms with Gasteiger partial charge in [0.2, 0.25) is 0 Å². The molecule has 1 aliphatic carbocycles. The van der Waals surface area contributed by atoms with E-state index in [0.29, 0.717) is 0 Å². The molecule has 0 saturated carbocycles. The van der Waals surface area contributed by atoms with Crippen molar-refractivity contribution in [2.45, 2.75) is 51.9 Å². The van der Waals surface area contributed by atoms with Gasteiger partial charge in [-0.1, -0.05) is 54.6 Å². The first-order valence-corrected chi connectivity index (χ1v) is 5.96. The fourth-order valence-corrected chi connectivity index (χ4v) is 2.22. The van der Waals surface area contributed by atoms with E-state index in [0.717, 1.165) is 5.92 Å². The van der Waals surface area contributed by atoms with E-state index in [2.05, 4.69) is 28.9 Å². The molecule has 1 atom stereocenters. The summed E-state index contributed by atoms with van der Waals surface area (Å²) in [6.45, 7) is 2.28. The third-order valence-corrected chi connectivity index (χ3v) is 3.40. The minimum Gasteiger partial charge on any atom is -0.0741 e. The Labute approximate surface area is 84.6 Å². The van der Waals surface area contributed by atoms with Gasteiger partial charge in [0.15, 0.2) is 0 Å². The summed E-state index contributed by atoms with van der Waals surface area (Å²) in [6, 6.07) is 0. The topological polar surface area (TPSA) is 0 Å². The van der Waals surface area contributed by atoms with Crippen LogP contribution in [0.25, 0.3) is 0 Å². The van der Waals surface area contributed by atoms with Crippen LogP contribution in [0.2, 0.25) is 0 Å². The van der Waals surface area contributed by atoms with Crippen molar-refractivity contribution >= 4 is 15.9 Å². The minimum atomic E-state index is 0.984. The number of hydrogen-bond acceptors (Lipinski definition) is 0.